The summed E-state index contributed by atoms with van der Waals surface area (Å²) in [6.07, 6.45) is 3.70. The van der Waals surface area contributed by atoms with E-state index in [0.717, 1.165) is 49.3 Å². The van der Waals surface area contributed by atoms with Crippen molar-refractivity contribution in [3.63, 3.8) is 0 Å². The molecule has 2 aromatic heterocycles. The van der Waals surface area contributed by atoms with Crippen molar-refractivity contribution >= 4 is 28.2 Å². The van der Waals surface area contributed by atoms with E-state index in [1.807, 2.05) is 60.9 Å². The second-order valence-electron chi connectivity index (χ2n) is 7.89. The number of aromatic nitrogens is 2. The van der Waals surface area contributed by atoms with Crippen molar-refractivity contribution in [3.05, 3.63) is 90.4 Å². The lowest BCUT2D eigenvalue weighted by molar-refractivity contribution is 0.102. The highest BCUT2D eigenvalue weighted by molar-refractivity contribution is 6.06. The first kappa shape index (κ1) is 19.3. The number of carbonyl (C=O) groups is 1. The van der Waals surface area contributed by atoms with Gasteiger partial charge in [-0.3, -0.25) is 14.7 Å². The van der Waals surface area contributed by atoms with Crippen LogP contribution in [-0.4, -0.2) is 47.0 Å². The quantitative estimate of drug-likeness (QED) is 0.499. The molecule has 1 saturated heterocycles. The maximum atomic E-state index is 12.6. The molecule has 0 saturated carbocycles. The van der Waals surface area contributed by atoms with E-state index >= 15 is 0 Å². The molecule has 2 N–H and O–H groups in total. The molecule has 5 rings (SSSR count). The summed E-state index contributed by atoms with van der Waals surface area (Å²) in [4.78, 5) is 25.1. The lowest BCUT2D eigenvalue weighted by atomic mass is 10.1. The number of carbonyl (C=O) groups excluding carboxylic acids is 1. The van der Waals surface area contributed by atoms with Gasteiger partial charge in [0, 0.05) is 81.5 Å². The van der Waals surface area contributed by atoms with Crippen LogP contribution in [-0.2, 0) is 6.54 Å². The first-order chi connectivity index (χ1) is 15.2. The Kier molecular flexibility index (Phi) is 5.37. The monoisotopic (exact) mass is 415 g/mol. The van der Waals surface area contributed by atoms with Crippen molar-refractivity contribution in [3.8, 4) is 0 Å². The number of hydrogen-bond acceptors (Lipinski definition) is 4. The molecule has 0 unspecified atom stereocenters. The highest BCUT2D eigenvalue weighted by Crippen LogP contribution is 2.21. The fraction of sp³-hybridized carbons (Fsp3) is 0.200. The molecule has 160 valence electrons. The molecule has 0 atom stereocenters. The highest BCUT2D eigenvalue weighted by atomic mass is 16.1. The zero-order chi connectivity index (χ0) is 21.0. The Labute approximate surface area is 184 Å². The molecule has 3 heterocycles. The summed E-state index contributed by atoms with van der Waals surface area (Å²) >= 11 is 0. The molecule has 1 aliphatic rings. The maximum Gasteiger partial charge on any atom is 0.255 e. The van der Waals surface area contributed by atoms with E-state index < -0.39 is 0 Å². The summed E-state index contributed by atoms with van der Waals surface area (Å²) in [5.74, 6) is -0.0944. The summed E-state index contributed by atoms with van der Waals surface area (Å²) < 4.78 is 0. The van der Waals surface area contributed by atoms with Gasteiger partial charge in [0.25, 0.3) is 5.91 Å². The van der Waals surface area contributed by atoms with Gasteiger partial charge in [-0.2, -0.15) is 0 Å². The van der Waals surface area contributed by atoms with E-state index in [2.05, 4.69) is 43.3 Å². The third-order valence-corrected chi connectivity index (χ3v) is 5.76. The number of nitrogens with one attached hydrogen (secondary N) is 2. The summed E-state index contributed by atoms with van der Waals surface area (Å²) in [7, 11) is 0. The Hall–Kier alpha value is -3.64. The van der Waals surface area contributed by atoms with Crippen molar-refractivity contribution in [2.75, 3.05) is 36.4 Å². The molecule has 31 heavy (non-hydrogen) atoms. The van der Waals surface area contributed by atoms with Crippen LogP contribution >= 0.6 is 0 Å². The largest absolute Gasteiger partial charge is 0.369 e. The second kappa shape index (κ2) is 8.62. The molecule has 2 aromatic carbocycles. The number of anilines is 2. The molecule has 0 spiro atoms. The van der Waals surface area contributed by atoms with Gasteiger partial charge >= 0.3 is 0 Å². The minimum absolute atomic E-state index is 0. The zero-order valence-corrected chi connectivity index (χ0v) is 17.3. The SMILES string of the molecule is O=C(Nc1ccccc1)c1ccc2[nH]c(CN3CCN(c4ccncc4)CC3)cc2c1.[HH].[HH]. The number of hydrogen-bond donors (Lipinski definition) is 2. The standard InChI is InChI=1S/C25H25N5O.2H2/c31-25(28-21-4-2-1-3-5-21)19-6-7-24-20(16-19)17-22(27-24)18-29-12-14-30(15-13-29)23-8-10-26-11-9-23;;/h1-11,16-17,27H,12-15,18H2,(H,28,31);2*1H. The van der Waals surface area contributed by atoms with Crippen LogP contribution in [0.15, 0.2) is 79.1 Å². The van der Waals surface area contributed by atoms with E-state index in [0.29, 0.717) is 5.56 Å². The minimum atomic E-state index is -0.0944. The van der Waals surface area contributed by atoms with Crippen LogP contribution in [0.3, 0.4) is 0 Å². The number of pyridine rings is 1. The number of H-pyrrole nitrogens is 1. The van der Waals surface area contributed by atoms with Gasteiger partial charge in [0.1, 0.15) is 0 Å². The molecule has 1 fully saturated rings. The molecule has 0 radical (unpaired) electrons. The van der Waals surface area contributed by atoms with Gasteiger partial charge in [0.05, 0.1) is 0 Å². The molecule has 0 bridgehead atoms. The predicted octanol–water partition coefficient (Wildman–Crippen LogP) is 4.63. The van der Waals surface area contributed by atoms with E-state index in [-0.39, 0.29) is 8.76 Å². The Morgan fingerprint density at radius 2 is 1.74 bits per heavy atom. The number of para-hydroxylation sites is 1. The third kappa shape index (κ3) is 4.44. The first-order valence-corrected chi connectivity index (χ1v) is 10.6. The summed E-state index contributed by atoms with van der Waals surface area (Å²) in [6.45, 7) is 4.93. The van der Waals surface area contributed by atoms with Crippen LogP contribution in [0.1, 0.15) is 18.9 Å². The molecule has 1 amide bonds. The summed E-state index contributed by atoms with van der Waals surface area (Å²) in [6, 6.07) is 21.6. The molecular weight excluding hydrogens is 386 g/mol. The van der Waals surface area contributed by atoms with Crippen molar-refractivity contribution in [1.29, 1.82) is 0 Å². The predicted molar refractivity (Wildman–Crippen MR) is 129 cm³/mol. The number of amides is 1. The van der Waals surface area contributed by atoms with Crippen molar-refractivity contribution in [1.82, 2.24) is 14.9 Å². The topological polar surface area (TPSA) is 64.3 Å². The maximum absolute atomic E-state index is 12.6. The van der Waals surface area contributed by atoms with Gasteiger partial charge in [-0.25, -0.2) is 0 Å². The molecule has 1 aliphatic heterocycles. The van der Waals surface area contributed by atoms with Crippen LogP contribution in [0.4, 0.5) is 11.4 Å². The average Bonchev–Trinajstić information content (AvgIpc) is 3.22. The Morgan fingerprint density at radius 3 is 2.52 bits per heavy atom. The van der Waals surface area contributed by atoms with E-state index in [1.54, 1.807) is 0 Å². The Morgan fingerprint density at radius 1 is 0.968 bits per heavy atom. The third-order valence-electron chi connectivity index (χ3n) is 5.76. The molecule has 6 heteroatoms. The van der Waals surface area contributed by atoms with Gasteiger partial charge in [-0.05, 0) is 48.5 Å². The zero-order valence-electron chi connectivity index (χ0n) is 17.3. The van der Waals surface area contributed by atoms with Crippen LogP contribution in [0.2, 0.25) is 0 Å². The fourth-order valence-corrected chi connectivity index (χ4v) is 4.10. The fourth-order valence-electron chi connectivity index (χ4n) is 4.10. The lowest BCUT2D eigenvalue weighted by Crippen LogP contribution is -2.46. The van der Waals surface area contributed by atoms with Crippen LogP contribution in [0, 0.1) is 0 Å². The second-order valence-corrected chi connectivity index (χ2v) is 7.89. The molecule has 6 nitrogen and oxygen atoms in total. The number of benzene rings is 2. The van der Waals surface area contributed by atoms with Crippen molar-refractivity contribution in [2.45, 2.75) is 6.54 Å². The van der Waals surface area contributed by atoms with Crippen molar-refractivity contribution in [2.24, 2.45) is 0 Å². The summed E-state index contributed by atoms with van der Waals surface area (Å²) in [5, 5.41) is 4.01. The van der Waals surface area contributed by atoms with E-state index in [4.69, 9.17) is 0 Å². The van der Waals surface area contributed by atoms with Crippen LogP contribution in [0.5, 0.6) is 0 Å². The van der Waals surface area contributed by atoms with Gasteiger partial charge < -0.3 is 15.2 Å². The van der Waals surface area contributed by atoms with Gasteiger partial charge in [0.2, 0.25) is 0 Å². The molecular formula is C25H29N5O. The Bertz CT molecular complexity index is 1180. The lowest BCUT2D eigenvalue weighted by Gasteiger charge is -2.35. The van der Waals surface area contributed by atoms with E-state index in [1.165, 1.54) is 11.4 Å². The number of aromatic amines is 1. The van der Waals surface area contributed by atoms with Crippen molar-refractivity contribution < 1.29 is 7.65 Å². The number of piperazine rings is 1. The Balaban J connectivity index is 0.00000153. The molecule has 4 aromatic rings. The smallest absolute Gasteiger partial charge is 0.255 e. The average molecular weight is 416 g/mol. The number of fused-ring (bicyclic) bond motifs is 1. The first-order valence-electron chi connectivity index (χ1n) is 10.6. The van der Waals surface area contributed by atoms with Gasteiger partial charge in [-0.1, -0.05) is 18.2 Å². The summed E-state index contributed by atoms with van der Waals surface area (Å²) in [5.41, 5.74) is 4.93. The normalized spacial score (nSPS) is 14.6. The van der Waals surface area contributed by atoms with Crippen LogP contribution in [0.25, 0.3) is 10.9 Å². The van der Waals surface area contributed by atoms with E-state index in [9.17, 15) is 4.79 Å². The highest BCUT2D eigenvalue weighted by Gasteiger charge is 2.18. The number of rotatable bonds is 5. The number of nitrogens with zero attached hydrogens (tertiary/aromatic N) is 3. The van der Waals surface area contributed by atoms with Gasteiger partial charge in [-0.15, -0.1) is 0 Å². The molecule has 0 aliphatic carbocycles. The van der Waals surface area contributed by atoms with Gasteiger partial charge in [0.15, 0.2) is 0 Å². The van der Waals surface area contributed by atoms with Crippen LogP contribution < -0.4 is 10.2 Å². The minimum Gasteiger partial charge on any atom is -0.369 e.